The fourth-order valence-electron chi connectivity index (χ4n) is 3.32. The Bertz CT molecular complexity index is 845. The highest BCUT2D eigenvalue weighted by Crippen LogP contribution is 2.44. The normalized spacial score (nSPS) is 20.7. The standard InChI is InChI=1S/C18H19F3N4/c1-10-13(4-3-5-14(10)18(19,20)21)11(2)17(23)15-7-6-12(22)8-16(15)24-9-25-17/h3-9,11H,22-23H2,1-2H3,(H,24,25). The van der Waals surface area contributed by atoms with E-state index in [1.165, 1.54) is 19.3 Å². The second kappa shape index (κ2) is 5.77. The summed E-state index contributed by atoms with van der Waals surface area (Å²) in [6.45, 7) is 3.25. The highest BCUT2D eigenvalue weighted by molar-refractivity contribution is 5.83. The topological polar surface area (TPSA) is 76.4 Å². The first-order valence-corrected chi connectivity index (χ1v) is 7.80. The van der Waals surface area contributed by atoms with E-state index in [1.54, 1.807) is 31.2 Å². The molecule has 0 aliphatic carbocycles. The molecule has 4 nitrogen and oxygen atoms in total. The molecular weight excluding hydrogens is 329 g/mol. The molecule has 0 aromatic heterocycles. The van der Waals surface area contributed by atoms with Gasteiger partial charge in [0.05, 0.1) is 11.9 Å². The summed E-state index contributed by atoms with van der Waals surface area (Å²) in [6, 6.07) is 9.34. The smallest absolute Gasteiger partial charge is 0.399 e. The molecule has 0 radical (unpaired) electrons. The number of hydrogen-bond acceptors (Lipinski definition) is 4. The van der Waals surface area contributed by atoms with E-state index in [9.17, 15) is 13.2 Å². The van der Waals surface area contributed by atoms with E-state index in [4.69, 9.17) is 11.5 Å². The van der Waals surface area contributed by atoms with E-state index in [1.807, 2.05) is 0 Å². The molecular formula is C18H19F3N4. The molecule has 2 unspecified atom stereocenters. The molecule has 7 heteroatoms. The van der Waals surface area contributed by atoms with E-state index in [2.05, 4.69) is 10.3 Å². The van der Waals surface area contributed by atoms with Crippen molar-refractivity contribution in [3.05, 3.63) is 58.7 Å². The predicted molar refractivity (Wildman–Crippen MR) is 93.4 cm³/mol. The van der Waals surface area contributed by atoms with Crippen LogP contribution in [0.2, 0.25) is 0 Å². The van der Waals surface area contributed by atoms with Gasteiger partial charge in [-0.05, 0) is 36.2 Å². The van der Waals surface area contributed by atoms with Gasteiger partial charge in [-0.15, -0.1) is 0 Å². The summed E-state index contributed by atoms with van der Waals surface area (Å²) in [6.07, 6.45) is -2.95. The van der Waals surface area contributed by atoms with Crippen LogP contribution in [0.5, 0.6) is 0 Å². The molecule has 0 saturated heterocycles. The maximum absolute atomic E-state index is 13.2. The molecule has 0 bridgehead atoms. The molecule has 5 N–H and O–H groups in total. The Labute approximate surface area is 143 Å². The molecule has 3 rings (SSSR count). The van der Waals surface area contributed by atoms with Crippen molar-refractivity contribution in [2.45, 2.75) is 31.6 Å². The quantitative estimate of drug-likeness (QED) is 0.719. The van der Waals surface area contributed by atoms with Crippen LogP contribution in [0.15, 0.2) is 41.4 Å². The molecule has 2 aromatic carbocycles. The number of fused-ring (bicyclic) bond motifs is 1. The van der Waals surface area contributed by atoms with Gasteiger partial charge in [0.1, 0.15) is 5.66 Å². The zero-order valence-corrected chi connectivity index (χ0v) is 13.9. The van der Waals surface area contributed by atoms with E-state index in [0.717, 1.165) is 6.07 Å². The molecule has 0 spiro atoms. The first kappa shape index (κ1) is 17.3. The molecule has 25 heavy (non-hydrogen) atoms. The van der Waals surface area contributed by atoms with Crippen LogP contribution in [-0.4, -0.2) is 6.34 Å². The number of benzene rings is 2. The molecule has 2 atom stereocenters. The monoisotopic (exact) mass is 348 g/mol. The number of nitrogen functional groups attached to an aromatic ring is 1. The maximum atomic E-state index is 13.2. The van der Waals surface area contributed by atoms with Crippen molar-refractivity contribution >= 4 is 17.7 Å². The Morgan fingerprint density at radius 2 is 1.92 bits per heavy atom. The second-order valence-electron chi connectivity index (χ2n) is 6.27. The minimum atomic E-state index is -4.41. The SMILES string of the molecule is Cc1c(C(C)C2(N)N=CNc3cc(N)ccc32)cccc1C(F)(F)F. The summed E-state index contributed by atoms with van der Waals surface area (Å²) < 4.78 is 39.7. The van der Waals surface area contributed by atoms with Crippen LogP contribution >= 0.6 is 0 Å². The fourth-order valence-corrected chi connectivity index (χ4v) is 3.32. The van der Waals surface area contributed by atoms with Crippen LogP contribution < -0.4 is 16.8 Å². The highest BCUT2D eigenvalue weighted by Gasteiger charge is 2.40. The third-order valence-corrected chi connectivity index (χ3v) is 4.78. The lowest BCUT2D eigenvalue weighted by molar-refractivity contribution is -0.138. The molecule has 1 heterocycles. The van der Waals surface area contributed by atoms with Crippen LogP contribution in [0, 0.1) is 6.92 Å². The fraction of sp³-hybridized carbons (Fsp3) is 0.278. The van der Waals surface area contributed by atoms with Gasteiger partial charge in [-0.25, -0.2) is 4.99 Å². The van der Waals surface area contributed by atoms with Gasteiger partial charge in [0.25, 0.3) is 0 Å². The second-order valence-corrected chi connectivity index (χ2v) is 6.27. The third kappa shape index (κ3) is 2.84. The molecule has 0 saturated carbocycles. The number of nitrogens with zero attached hydrogens (tertiary/aromatic N) is 1. The van der Waals surface area contributed by atoms with Gasteiger partial charge in [0, 0.05) is 22.9 Å². The minimum absolute atomic E-state index is 0.165. The summed E-state index contributed by atoms with van der Waals surface area (Å²) in [5.41, 5.74) is 13.1. The molecule has 1 aliphatic heterocycles. The third-order valence-electron chi connectivity index (χ3n) is 4.78. The number of rotatable bonds is 2. The van der Waals surface area contributed by atoms with Crippen molar-refractivity contribution in [3.63, 3.8) is 0 Å². The van der Waals surface area contributed by atoms with Gasteiger partial charge < -0.3 is 16.8 Å². The van der Waals surface area contributed by atoms with Gasteiger partial charge >= 0.3 is 6.18 Å². The number of nitrogens with two attached hydrogens (primary N) is 2. The van der Waals surface area contributed by atoms with Gasteiger partial charge in [0.15, 0.2) is 0 Å². The van der Waals surface area contributed by atoms with Crippen molar-refractivity contribution in [2.75, 3.05) is 11.1 Å². The van der Waals surface area contributed by atoms with Gasteiger partial charge in [-0.2, -0.15) is 13.2 Å². The van der Waals surface area contributed by atoms with Crippen LogP contribution in [0.25, 0.3) is 0 Å². The average molecular weight is 348 g/mol. The Morgan fingerprint density at radius 1 is 1.20 bits per heavy atom. The summed E-state index contributed by atoms with van der Waals surface area (Å²) >= 11 is 0. The van der Waals surface area contributed by atoms with E-state index in [-0.39, 0.29) is 5.56 Å². The van der Waals surface area contributed by atoms with E-state index in [0.29, 0.717) is 22.5 Å². The van der Waals surface area contributed by atoms with Crippen LogP contribution in [0.1, 0.15) is 35.1 Å². The van der Waals surface area contributed by atoms with Crippen molar-refractivity contribution in [2.24, 2.45) is 10.7 Å². The van der Waals surface area contributed by atoms with E-state index >= 15 is 0 Å². The molecule has 132 valence electrons. The maximum Gasteiger partial charge on any atom is 0.416 e. The first-order chi connectivity index (χ1) is 11.6. The van der Waals surface area contributed by atoms with Crippen molar-refractivity contribution in [1.82, 2.24) is 0 Å². The predicted octanol–water partition coefficient (Wildman–Crippen LogP) is 3.97. The Balaban J connectivity index is 2.12. The summed E-state index contributed by atoms with van der Waals surface area (Å²) in [4.78, 5) is 4.36. The van der Waals surface area contributed by atoms with Crippen molar-refractivity contribution in [3.8, 4) is 0 Å². The minimum Gasteiger partial charge on any atom is -0.399 e. The van der Waals surface area contributed by atoms with E-state index < -0.39 is 23.3 Å². The number of alkyl halides is 3. The van der Waals surface area contributed by atoms with Crippen LogP contribution in [-0.2, 0) is 11.8 Å². The highest BCUT2D eigenvalue weighted by atomic mass is 19.4. The Kier molecular flexibility index (Phi) is 3.99. The Hall–Kier alpha value is -2.54. The number of halogens is 3. The van der Waals surface area contributed by atoms with Gasteiger partial charge in [0.2, 0.25) is 0 Å². The lowest BCUT2D eigenvalue weighted by atomic mass is 9.79. The lowest BCUT2D eigenvalue weighted by Crippen LogP contribution is -2.43. The summed E-state index contributed by atoms with van der Waals surface area (Å²) in [5.74, 6) is -0.476. The first-order valence-electron chi connectivity index (χ1n) is 7.80. The molecule has 0 amide bonds. The van der Waals surface area contributed by atoms with Crippen molar-refractivity contribution < 1.29 is 13.2 Å². The van der Waals surface area contributed by atoms with Gasteiger partial charge in [-0.1, -0.05) is 25.1 Å². The Morgan fingerprint density at radius 3 is 2.60 bits per heavy atom. The molecule has 2 aromatic rings. The van der Waals surface area contributed by atoms with Gasteiger partial charge in [-0.3, -0.25) is 0 Å². The zero-order chi connectivity index (χ0) is 18.4. The number of nitrogens with one attached hydrogen (secondary N) is 1. The molecule has 1 aliphatic rings. The lowest BCUT2D eigenvalue weighted by Gasteiger charge is -2.37. The molecule has 0 fully saturated rings. The summed E-state index contributed by atoms with van der Waals surface area (Å²) in [7, 11) is 0. The summed E-state index contributed by atoms with van der Waals surface area (Å²) in [5, 5.41) is 2.98. The number of anilines is 2. The zero-order valence-electron chi connectivity index (χ0n) is 13.9. The van der Waals surface area contributed by atoms with Crippen LogP contribution in [0.3, 0.4) is 0 Å². The largest absolute Gasteiger partial charge is 0.416 e. The number of aliphatic imine (C=N–C) groups is 1. The number of hydrogen-bond donors (Lipinski definition) is 3. The van der Waals surface area contributed by atoms with Crippen molar-refractivity contribution in [1.29, 1.82) is 0 Å². The average Bonchev–Trinajstić information content (AvgIpc) is 2.53. The van der Waals surface area contributed by atoms with Crippen LogP contribution in [0.4, 0.5) is 24.5 Å².